The normalized spacial score (nSPS) is 17.1. The highest BCUT2D eigenvalue weighted by molar-refractivity contribution is 4.54. The maximum absolute atomic E-state index is 9.57. The lowest BCUT2D eigenvalue weighted by Crippen LogP contribution is -2.24. The van der Waals surface area contributed by atoms with Gasteiger partial charge < -0.3 is 14.6 Å². The third-order valence-corrected chi connectivity index (χ3v) is 2.82. The summed E-state index contributed by atoms with van der Waals surface area (Å²) in [6.07, 6.45) is 1.73. The van der Waals surface area contributed by atoms with E-state index in [4.69, 9.17) is 9.47 Å². The van der Waals surface area contributed by atoms with E-state index in [1.165, 1.54) is 0 Å². The molecule has 0 bridgehead atoms. The summed E-state index contributed by atoms with van der Waals surface area (Å²) >= 11 is 0. The van der Waals surface area contributed by atoms with Gasteiger partial charge in [-0.1, -0.05) is 40.5 Å². The Balaban J connectivity index is 3.34. The molecule has 0 heterocycles. The summed E-state index contributed by atoms with van der Waals surface area (Å²) in [5.41, 5.74) is 0. The Morgan fingerprint density at radius 3 is 1.50 bits per heavy atom. The van der Waals surface area contributed by atoms with Gasteiger partial charge in [0.05, 0.1) is 13.2 Å². The number of aliphatic hydroxyl groups is 1. The second kappa shape index (κ2) is 10.1. The van der Waals surface area contributed by atoms with Crippen molar-refractivity contribution in [2.24, 2.45) is 11.8 Å². The number of ether oxygens (including phenoxy) is 2. The zero-order valence-electron chi connectivity index (χ0n) is 11.2. The molecule has 0 radical (unpaired) electrons. The zero-order chi connectivity index (χ0) is 12.4. The van der Waals surface area contributed by atoms with E-state index in [0.717, 1.165) is 26.1 Å². The minimum Gasteiger partial charge on any atom is -0.388 e. The fraction of sp³-hybridized carbons (Fsp3) is 1.00. The molecular weight excluding hydrogens is 204 g/mol. The van der Waals surface area contributed by atoms with E-state index in [-0.39, 0.29) is 0 Å². The minimum atomic E-state index is -0.492. The SMILES string of the molecule is CCC(C)COCC(O)COCC(C)CC. The molecular formula is C13H28O3. The first kappa shape index (κ1) is 15.9. The summed E-state index contributed by atoms with van der Waals surface area (Å²) in [5.74, 6) is 1.13. The summed E-state index contributed by atoms with van der Waals surface area (Å²) in [7, 11) is 0. The number of hydrogen-bond acceptors (Lipinski definition) is 3. The Morgan fingerprint density at radius 1 is 0.812 bits per heavy atom. The van der Waals surface area contributed by atoms with Crippen LogP contribution in [0, 0.1) is 11.8 Å². The maximum Gasteiger partial charge on any atom is 0.101 e. The standard InChI is InChI=1S/C13H28O3/c1-5-11(3)7-15-9-13(14)10-16-8-12(4)6-2/h11-14H,5-10H2,1-4H3. The van der Waals surface area contributed by atoms with Crippen molar-refractivity contribution in [1.82, 2.24) is 0 Å². The molecule has 3 nitrogen and oxygen atoms in total. The Kier molecular flexibility index (Phi) is 9.99. The van der Waals surface area contributed by atoms with Gasteiger partial charge in [0.15, 0.2) is 0 Å². The summed E-state index contributed by atoms with van der Waals surface area (Å²) in [6, 6.07) is 0. The summed E-state index contributed by atoms with van der Waals surface area (Å²) in [6.45, 7) is 10.8. The van der Waals surface area contributed by atoms with E-state index in [1.807, 2.05) is 0 Å². The first-order chi connectivity index (χ1) is 7.60. The lowest BCUT2D eigenvalue weighted by Gasteiger charge is -2.15. The molecule has 0 saturated heterocycles. The fourth-order valence-electron chi connectivity index (χ4n) is 1.09. The van der Waals surface area contributed by atoms with Gasteiger partial charge in [-0.05, 0) is 11.8 Å². The van der Waals surface area contributed by atoms with Crippen LogP contribution in [0.15, 0.2) is 0 Å². The highest BCUT2D eigenvalue weighted by atomic mass is 16.5. The molecule has 0 aliphatic rings. The molecule has 0 aromatic heterocycles. The van der Waals surface area contributed by atoms with E-state index >= 15 is 0 Å². The van der Waals surface area contributed by atoms with Crippen LogP contribution in [0.1, 0.15) is 40.5 Å². The number of rotatable bonds is 10. The topological polar surface area (TPSA) is 38.7 Å². The first-order valence-corrected chi connectivity index (χ1v) is 6.43. The van der Waals surface area contributed by atoms with Crippen molar-refractivity contribution in [3.8, 4) is 0 Å². The molecule has 16 heavy (non-hydrogen) atoms. The Morgan fingerprint density at radius 2 is 1.19 bits per heavy atom. The van der Waals surface area contributed by atoms with Gasteiger partial charge in [-0.15, -0.1) is 0 Å². The van der Waals surface area contributed by atoms with Gasteiger partial charge in [-0.25, -0.2) is 0 Å². The summed E-state index contributed by atoms with van der Waals surface area (Å²) < 4.78 is 10.8. The third kappa shape index (κ3) is 9.13. The van der Waals surface area contributed by atoms with Crippen LogP contribution >= 0.6 is 0 Å². The first-order valence-electron chi connectivity index (χ1n) is 6.43. The van der Waals surface area contributed by atoms with Crippen molar-refractivity contribution in [3.05, 3.63) is 0 Å². The van der Waals surface area contributed by atoms with E-state index in [1.54, 1.807) is 0 Å². The van der Waals surface area contributed by atoms with Gasteiger partial charge in [0, 0.05) is 13.2 Å². The van der Waals surface area contributed by atoms with Gasteiger partial charge in [-0.3, -0.25) is 0 Å². The average Bonchev–Trinajstić information content (AvgIpc) is 2.28. The van der Waals surface area contributed by atoms with E-state index in [2.05, 4.69) is 27.7 Å². The van der Waals surface area contributed by atoms with Crippen molar-refractivity contribution in [2.75, 3.05) is 26.4 Å². The van der Waals surface area contributed by atoms with Crippen LogP contribution in [0.5, 0.6) is 0 Å². The Hall–Kier alpha value is -0.120. The number of hydrogen-bond donors (Lipinski definition) is 1. The molecule has 3 heteroatoms. The Bertz CT molecular complexity index is 134. The lowest BCUT2D eigenvalue weighted by molar-refractivity contribution is -0.0308. The summed E-state index contributed by atoms with van der Waals surface area (Å²) in [5, 5.41) is 9.57. The van der Waals surface area contributed by atoms with Crippen LogP contribution < -0.4 is 0 Å². The zero-order valence-corrected chi connectivity index (χ0v) is 11.2. The molecule has 2 unspecified atom stereocenters. The molecule has 0 saturated carbocycles. The Labute approximate surface area is 100 Å². The van der Waals surface area contributed by atoms with Crippen molar-refractivity contribution in [2.45, 2.75) is 46.6 Å². The van der Waals surface area contributed by atoms with Crippen LogP contribution in [0.2, 0.25) is 0 Å². The van der Waals surface area contributed by atoms with Crippen LogP contribution in [-0.2, 0) is 9.47 Å². The molecule has 98 valence electrons. The van der Waals surface area contributed by atoms with E-state index < -0.39 is 6.10 Å². The quantitative estimate of drug-likeness (QED) is 0.629. The molecule has 0 spiro atoms. The van der Waals surface area contributed by atoms with Crippen LogP contribution in [-0.4, -0.2) is 37.6 Å². The van der Waals surface area contributed by atoms with Crippen LogP contribution in [0.4, 0.5) is 0 Å². The molecule has 0 aliphatic heterocycles. The summed E-state index contributed by atoms with van der Waals surface area (Å²) in [4.78, 5) is 0. The monoisotopic (exact) mass is 232 g/mol. The maximum atomic E-state index is 9.57. The van der Waals surface area contributed by atoms with Gasteiger partial charge in [-0.2, -0.15) is 0 Å². The van der Waals surface area contributed by atoms with Crippen molar-refractivity contribution in [3.63, 3.8) is 0 Å². The van der Waals surface area contributed by atoms with Crippen molar-refractivity contribution < 1.29 is 14.6 Å². The average molecular weight is 232 g/mol. The van der Waals surface area contributed by atoms with Crippen LogP contribution in [0.3, 0.4) is 0 Å². The molecule has 0 amide bonds. The lowest BCUT2D eigenvalue weighted by atomic mass is 10.1. The van der Waals surface area contributed by atoms with Crippen molar-refractivity contribution in [1.29, 1.82) is 0 Å². The molecule has 2 atom stereocenters. The van der Waals surface area contributed by atoms with Crippen molar-refractivity contribution >= 4 is 0 Å². The van der Waals surface area contributed by atoms with E-state index in [9.17, 15) is 5.11 Å². The second-order valence-electron chi connectivity index (χ2n) is 4.76. The fourth-order valence-corrected chi connectivity index (χ4v) is 1.09. The highest BCUT2D eigenvalue weighted by Crippen LogP contribution is 2.03. The predicted octanol–water partition coefficient (Wildman–Crippen LogP) is 2.47. The smallest absolute Gasteiger partial charge is 0.101 e. The van der Waals surface area contributed by atoms with E-state index in [0.29, 0.717) is 25.0 Å². The third-order valence-electron chi connectivity index (χ3n) is 2.82. The molecule has 0 fully saturated rings. The minimum absolute atomic E-state index is 0.380. The highest BCUT2D eigenvalue weighted by Gasteiger charge is 2.07. The second-order valence-corrected chi connectivity index (χ2v) is 4.76. The molecule has 0 aromatic carbocycles. The molecule has 0 aromatic rings. The van der Waals surface area contributed by atoms with Gasteiger partial charge in [0.25, 0.3) is 0 Å². The predicted molar refractivity (Wildman–Crippen MR) is 66.6 cm³/mol. The molecule has 1 N–H and O–H groups in total. The molecule has 0 aliphatic carbocycles. The molecule has 0 rings (SSSR count). The van der Waals surface area contributed by atoms with Crippen LogP contribution in [0.25, 0.3) is 0 Å². The largest absolute Gasteiger partial charge is 0.388 e. The van der Waals surface area contributed by atoms with Gasteiger partial charge in [0.1, 0.15) is 6.10 Å². The van der Waals surface area contributed by atoms with Gasteiger partial charge in [0.2, 0.25) is 0 Å². The van der Waals surface area contributed by atoms with Gasteiger partial charge >= 0.3 is 0 Å². The number of aliphatic hydroxyl groups excluding tert-OH is 1.